The first-order chi connectivity index (χ1) is 11.6. The topological polar surface area (TPSA) is 32.3 Å². The number of hydrogen-bond acceptors (Lipinski definition) is 3. The van der Waals surface area contributed by atoms with Crippen molar-refractivity contribution >= 4 is 35.0 Å². The smallest absolute Gasteiger partial charge is 0.239 e. The molecule has 0 saturated carbocycles. The molecule has 1 atom stereocenters. The fourth-order valence-electron chi connectivity index (χ4n) is 2.86. The molecular formula is C19H21ClN2OS. The van der Waals surface area contributed by atoms with Crippen LogP contribution in [0, 0.1) is 0 Å². The van der Waals surface area contributed by atoms with Crippen molar-refractivity contribution in [3.05, 3.63) is 59.1 Å². The molecule has 1 unspecified atom stereocenters. The highest BCUT2D eigenvalue weighted by Crippen LogP contribution is 2.37. The van der Waals surface area contributed by atoms with Gasteiger partial charge >= 0.3 is 0 Å². The first-order valence-electron chi connectivity index (χ1n) is 8.13. The number of thioether (sulfide) groups is 1. The second-order valence-corrected chi connectivity index (χ2v) is 7.92. The maximum Gasteiger partial charge on any atom is 0.239 e. The lowest BCUT2D eigenvalue weighted by atomic mass is 10.1. The van der Waals surface area contributed by atoms with Crippen molar-refractivity contribution in [1.29, 1.82) is 0 Å². The summed E-state index contributed by atoms with van der Waals surface area (Å²) in [6, 6.07) is 16.0. The van der Waals surface area contributed by atoms with Crippen LogP contribution in [0.1, 0.15) is 12.5 Å². The average molecular weight is 361 g/mol. The molecule has 0 aliphatic carbocycles. The third-order valence-electron chi connectivity index (χ3n) is 4.00. The minimum Gasteiger partial charge on any atom is -0.360 e. The largest absolute Gasteiger partial charge is 0.360 e. The summed E-state index contributed by atoms with van der Waals surface area (Å²) in [4.78, 5) is 15.7. The highest BCUT2D eigenvalue weighted by Gasteiger charge is 2.23. The monoisotopic (exact) mass is 360 g/mol. The highest BCUT2D eigenvalue weighted by molar-refractivity contribution is 8.00. The first-order valence-corrected chi connectivity index (χ1v) is 9.39. The molecule has 3 nitrogen and oxygen atoms in total. The molecule has 1 aliphatic heterocycles. The second-order valence-electron chi connectivity index (χ2n) is 6.00. The van der Waals surface area contributed by atoms with Crippen molar-refractivity contribution in [3.8, 4) is 0 Å². The fraction of sp³-hybridized carbons (Fsp3) is 0.316. The number of fused-ring (bicyclic) bond motifs is 1. The Morgan fingerprint density at radius 2 is 2.00 bits per heavy atom. The molecule has 0 fully saturated rings. The van der Waals surface area contributed by atoms with Gasteiger partial charge in [-0.25, -0.2) is 0 Å². The van der Waals surface area contributed by atoms with Crippen LogP contribution in [-0.2, 0) is 11.2 Å². The van der Waals surface area contributed by atoms with Crippen molar-refractivity contribution in [2.24, 2.45) is 0 Å². The Labute approximate surface area is 152 Å². The molecule has 3 rings (SSSR count). The predicted octanol–water partition coefficient (Wildman–Crippen LogP) is 4.00. The van der Waals surface area contributed by atoms with E-state index >= 15 is 0 Å². The minimum atomic E-state index is 0.0675. The second kappa shape index (κ2) is 7.95. The van der Waals surface area contributed by atoms with Gasteiger partial charge in [0.2, 0.25) is 5.91 Å². The fourth-order valence-corrected chi connectivity index (χ4v) is 4.15. The summed E-state index contributed by atoms with van der Waals surface area (Å²) in [5, 5.41) is 4.24. The molecular weight excluding hydrogens is 340 g/mol. The Kier molecular flexibility index (Phi) is 5.69. The lowest BCUT2D eigenvalue weighted by molar-refractivity contribution is -0.119. The minimum absolute atomic E-state index is 0.0675. The summed E-state index contributed by atoms with van der Waals surface area (Å²) < 4.78 is 0. The van der Waals surface area contributed by atoms with Gasteiger partial charge in [0.1, 0.15) is 0 Å². The van der Waals surface area contributed by atoms with E-state index in [0.717, 1.165) is 23.7 Å². The van der Waals surface area contributed by atoms with Crippen molar-refractivity contribution in [3.63, 3.8) is 0 Å². The molecule has 2 aromatic carbocycles. The van der Waals surface area contributed by atoms with E-state index in [9.17, 15) is 4.79 Å². The zero-order valence-corrected chi connectivity index (χ0v) is 15.2. The molecule has 0 radical (unpaired) electrons. The van der Waals surface area contributed by atoms with E-state index in [0.29, 0.717) is 18.3 Å². The number of para-hydroxylation sites is 1. The van der Waals surface area contributed by atoms with E-state index in [-0.39, 0.29) is 5.91 Å². The molecule has 1 N–H and O–H groups in total. The predicted molar refractivity (Wildman–Crippen MR) is 102 cm³/mol. The number of halogens is 1. The zero-order chi connectivity index (χ0) is 16.9. The summed E-state index contributed by atoms with van der Waals surface area (Å²) in [6.45, 7) is 4.14. The van der Waals surface area contributed by atoms with Crippen LogP contribution in [0.2, 0.25) is 5.02 Å². The van der Waals surface area contributed by atoms with Crippen LogP contribution in [0.4, 0.5) is 5.69 Å². The first kappa shape index (κ1) is 17.2. The molecule has 5 heteroatoms. The number of rotatable bonds is 5. The number of nitrogens with zero attached hydrogens (tertiary/aromatic N) is 1. The van der Waals surface area contributed by atoms with Crippen LogP contribution in [0.3, 0.4) is 0 Å². The lowest BCUT2D eigenvalue weighted by Gasteiger charge is -2.33. The number of anilines is 1. The van der Waals surface area contributed by atoms with Gasteiger partial charge in [0.05, 0.1) is 12.2 Å². The molecule has 0 bridgehead atoms. The van der Waals surface area contributed by atoms with Crippen molar-refractivity contribution < 1.29 is 4.79 Å². The van der Waals surface area contributed by atoms with E-state index in [1.807, 2.05) is 48.2 Å². The van der Waals surface area contributed by atoms with Crippen LogP contribution in [0.25, 0.3) is 0 Å². The van der Waals surface area contributed by atoms with Crippen LogP contribution < -0.4 is 10.2 Å². The van der Waals surface area contributed by atoms with E-state index < -0.39 is 0 Å². The lowest BCUT2D eigenvalue weighted by Crippen LogP contribution is -2.42. The number of amides is 1. The SMILES string of the molecule is CC1CN(CC(=O)NCCc2ccc(Cl)cc2)c2ccccc2S1. The van der Waals surface area contributed by atoms with Crippen molar-refractivity contribution in [2.75, 3.05) is 24.5 Å². The van der Waals surface area contributed by atoms with Gasteiger partial charge < -0.3 is 10.2 Å². The summed E-state index contributed by atoms with van der Waals surface area (Å²) >= 11 is 7.76. The van der Waals surface area contributed by atoms with Gasteiger partial charge in [0.15, 0.2) is 0 Å². The molecule has 1 heterocycles. The number of carbonyl (C=O) groups excluding carboxylic acids is 1. The van der Waals surface area contributed by atoms with Gasteiger partial charge in [-0.1, -0.05) is 42.8 Å². The summed E-state index contributed by atoms with van der Waals surface area (Å²) in [5.74, 6) is 0.0675. The number of carbonyl (C=O) groups is 1. The molecule has 1 aliphatic rings. The standard InChI is InChI=1S/C19H21ClN2OS/c1-14-12-22(17-4-2-3-5-18(17)24-14)13-19(23)21-11-10-15-6-8-16(20)9-7-15/h2-9,14H,10-13H2,1H3,(H,21,23). The van der Waals surface area contributed by atoms with Crippen molar-refractivity contribution in [2.45, 2.75) is 23.5 Å². The number of benzene rings is 2. The molecule has 0 spiro atoms. The Morgan fingerprint density at radius 3 is 2.79 bits per heavy atom. The summed E-state index contributed by atoms with van der Waals surface area (Å²) in [5.41, 5.74) is 2.33. The van der Waals surface area contributed by atoms with Gasteiger partial charge in [-0.2, -0.15) is 0 Å². The van der Waals surface area contributed by atoms with Gasteiger partial charge in [0, 0.05) is 28.3 Å². The summed E-state index contributed by atoms with van der Waals surface area (Å²) in [7, 11) is 0. The molecule has 1 amide bonds. The van der Waals surface area contributed by atoms with Gasteiger partial charge in [-0.15, -0.1) is 11.8 Å². The normalized spacial score (nSPS) is 16.6. The van der Waals surface area contributed by atoms with Gasteiger partial charge in [-0.05, 0) is 36.2 Å². The quantitative estimate of drug-likeness (QED) is 0.874. The van der Waals surface area contributed by atoms with Crippen LogP contribution >= 0.6 is 23.4 Å². The van der Waals surface area contributed by atoms with E-state index in [1.54, 1.807) is 0 Å². The molecule has 24 heavy (non-hydrogen) atoms. The number of hydrogen-bond donors (Lipinski definition) is 1. The third kappa shape index (κ3) is 4.46. The van der Waals surface area contributed by atoms with Crippen LogP contribution in [0.5, 0.6) is 0 Å². The summed E-state index contributed by atoms with van der Waals surface area (Å²) in [6.07, 6.45) is 0.811. The van der Waals surface area contributed by atoms with Crippen molar-refractivity contribution in [1.82, 2.24) is 5.32 Å². The Hall–Kier alpha value is -1.65. The van der Waals surface area contributed by atoms with Crippen LogP contribution in [-0.4, -0.2) is 30.8 Å². The highest BCUT2D eigenvalue weighted by atomic mass is 35.5. The van der Waals surface area contributed by atoms with E-state index in [4.69, 9.17) is 11.6 Å². The van der Waals surface area contributed by atoms with Gasteiger partial charge in [-0.3, -0.25) is 4.79 Å². The van der Waals surface area contributed by atoms with E-state index in [1.165, 1.54) is 10.5 Å². The Balaban J connectivity index is 1.52. The number of nitrogens with one attached hydrogen (secondary N) is 1. The van der Waals surface area contributed by atoms with Gasteiger partial charge in [0.25, 0.3) is 0 Å². The zero-order valence-electron chi connectivity index (χ0n) is 13.7. The molecule has 126 valence electrons. The Morgan fingerprint density at radius 1 is 1.25 bits per heavy atom. The Bertz CT molecular complexity index is 705. The molecule has 0 aromatic heterocycles. The molecule has 0 saturated heterocycles. The maximum atomic E-state index is 12.3. The average Bonchev–Trinajstić information content (AvgIpc) is 2.56. The van der Waals surface area contributed by atoms with E-state index in [2.05, 4.69) is 29.3 Å². The van der Waals surface area contributed by atoms with Crippen LogP contribution in [0.15, 0.2) is 53.4 Å². The molecule has 2 aromatic rings. The third-order valence-corrected chi connectivity index (χ3v) is 5.40. The maximum absolute atomic E-state index is 12.3.